The quantitative estimate of drug-likeness (QED) is 0.720. The third kappa shape index (κ3) is 4.73. The monoisotopic (exact) mass is 425 g/mol. The van der Waals surface area contributed by atoms with Gasteiger partial charge in [0.1, 0.15) is 6.61 Å². The molecule has 0 radical (unpaired) electrons. The minimum atomic E-state index is -1.07. The van der Waals surface area contributed by atoms with Crippen LogP contribution in [0.4, 0.5) is 4.79 Å². The van der Waals surface area contributed by atoms with Gasteiger partial charge < -0.3 is 9.84 Å². The maximum Gasteiger partial charge on any atom is 0.416 e. The number of hydrogen-bond donors (Lipinski definition) is 1. The maximum absolute atomic E-state index is 13.5. The van der Waals surface area contributed by atoms with Gasteiger partial charge in [-0.3, -0.25) is 9.59 Å². The molecule has 166 valence electrons. The Labute approximate surface area is 183 Å². The summed E-state index contributed by atoms with van der Waals surface area (Å²) >= 11 is 0. The Morgan fingerprint density at radius 3 is 2.45 bits per heavy atom. The van der Waals surface area contributed by atoms with Gasteiger partial charge in [0.25, 0.3) is 0 Å². The van der Waals surface area contributed by atoms with Crippen molar-refractivity contribution >= 4 is 28.7 Å². The highest BCUT2D eigenvalue weighted by Crippen LogP contribution is 2.34. The molecule has 0 aliphatic carbocycles. The Hall–Kier alpha value is -2.89. The molecule has 31 heavy (non-hydrogen) atoms. The van der Waals surface area contributed by atoms with Crippen LogP contribution in [0, 0.1) is 11.8 Å². The lowest BCUT2D eigenvalue weighted by Gasteiger charge is -2.29. The highest BCUT2D eigenvalue weighted by Gasteiger charge is 2.43. The van der Waals surface area contributed by atoms with Crippen molar-refractivity contribution in [2.24, 2.45) is 11.8 Å². The summed E-state index contributed by atoms with van der Waals surface area (Å²) in [6.07, 6.45) is -0.790. The molecule has 6 nitrogen and oxygen atoms in total. The van der Waals surface area contributed by atoms with Gasteiger partial charge in [-0.25, -0.2) is 9.69 Å². The number of nitrogens with zero attached hydrogens (tertiary/aromatic N) is 1. The van der Waals surface area contributed by atoms with Crippen LogP contribution in [-0.4, -0.2) is 40.6 Å². The first-order chi connectivity index (χ1) is 14.5. The number of aliphatic carboxylic acids is 1. The van der Waals surface area contributed by atoms with Gasteiger partial charge >= 0.3 is 12.1 Å². The zero-order valence-electron chi connectivity index (χ0n) is 18.8. The number of ether oxygens (including phenoxy) is 1. The molecule has 0 saturated carbocycles. The van der Waals surface area contributed by atoms with E-state index in [2.05, 4.69) is 32.9 Å². The fourth-order valence-electron chi connectivity index (χ4n) is 4.34. The number of cyclic esters (lactones) is 1. The van der Waals surface area contributed by atoms with E-state index in [0.29, 0.717) is 0 Å². The lowest BCUT2D eigenvalue weighted by atomic mass is 9.78. The van der Waals surface area contributed by atoms with Gasteiger partial charge in [-0.05, 0) is 39.7 Å². The first-order valence-corrected chi connectivity index (χ1v) is 10.7. The van der Waals surface area contributed by atoms with Gasteiger partial charge in [-0.1, -0.05) is 71.0 Å². The molecule has 0 bridgehead atoms. The van der Waals surface area contributed by atoms with Crippen LogP contribution in [0.15, 0.2) is 36.4 Å². The van der Waals surface area contributed by atoms with Crippen LogP contribution in [0.2, 0.25) is 0 Å². The fourth-order valence-corrected chi connectivity index (χ4v) is 4.34. The van der Waals surface area contributed by atoms with E-state index in [4.69, 9.17) is 4.74 Å². The van der Waals surface area contributed by atoms with Crippen molar-refractivity contribution < 1.29 is 24.2 Å². The van der Waals surface area contributed by atoms with Crippen LogP contribution in [0.3, 0.4) is 0 Å². The average Bonchev–Trinajstić information content (AvgIpc) is 3.07. The van der Waals surface area contributed by atoms with E-state index in [1.807, 2.05) is 38.1 Å². The summed E-state index contributed by atoms with van der Waals surface area (Å²) in [5.74, 6) is -2.39. The molecular weight excluding hydrogens is 394 g/mol. The number of hydrogen-bond acceptors (Lipinski definition) is 4. The number of carboxylic acid groups (broad SMARTS) is 1. The van der Waals surface area contributed by atoms with Crippen molar-refractivity contribution in [1.82, 2.24) is 4.90 Å². The number of carbonyl (C=O) groups is 3. The van der Waals surface area contributed by atoms with Crippen LogP contribution in [0.1, 0.15) is 52.2 Å². The molecule has 2 amide bonds. The predicted octanol–water partition coefficient (Wildman–Crippen LogP) is 4.77. The Balaban J connectivity index is 2.08. The second-order valence-corrected chi connectivity index (χ2v) is 9.66. The number of fused-ring (bicyclic) bond motifs is 1. The van der Waals surface area contributed by atoms with Crippen LogP contribution in [0.25, 0.3) is 10.8 Å². The van der Waals surface area contributed by atoms with E-state index < -0.39 is 23.9 Å². The molecule has 1 fully saturated rings. The van der Waals surface area contributed by atoms with Gasteiger partial charge in [0.05, 0.1) is 18.4 Å². The zero-order chi connectivity index (χ0) is 22.9. The van der Waals surface area contributed by atoms with Crippen molar-refractivity contribution in [2.45, 2.75) is 58.9 Å². The molecule has 0 unspecified atom stereocenters. The van der Waals surface area contributed by atoms with Gasteiger partial charge in [-0.2, -0.15) is 0 Å². The number of amides is 2. The molecule has 1 heterocycles. The Bertz CT molecular complexity index is 1000. The van der Waals surface area contributed by atoms with E-state index in [9.17, 15) is 19.5 Å². The highest BCUT2D eigenvalue weighted by molar-refractivity contribution is 5.97. The lowest BCUT2D eigenvalue weighted by molar-refractivity contribution is -0.144. The molecule has 1 saturated heterocycles. The van der Waals surface area contributed by atoms with E-state index in [0.717, 1.165) is 26.8 Å². The summed E-state index contributed by atoms with van der Waals surface area (Å²) in [5, 5.41) is 11.6. The number of imide groups is 1. The lowest BCUT2D eigenvalue weighted by Crippen LogP contribution is -2.45. The third-order valence-electron chi connectivity index (χ3n) is 5.98. The highest BCUT2D eigenvalue weighted by atomic mass is 16.6. The zero-order valence-corrected chi connectivity index (χ0v) is 18.8. The maximum atomic E-state index is 13.5. The number of carbonyl (C=O) groups excluding carboxylic acids is 2. The van der Waals surface area contributed by atoms with Crippen molar-refractivity contribution in [3.8, 4) is 0 Å². The van der Waals surface area contributed by atoms with Crippen LogP contribution in [0.5, 0.6) is 0 Å². The molecule has 3 rings (SSSR count). The predicted molar refractivity (Wildman–Crippen MR) is 119 cm³/mol. The standard InChI is InChI=1S/C25H31NO5/c1-15(2)21-14-31-24(30)26(21)23(29)17(13-22(27)28)12-19-18-9-7-6-8-16(18)10-11-20(19)25(3,4)5/h6-11,15,17,21H,12-14H2,1-5H3,(H,27,28)/t17-,21-/m1/s1. The SMILES string of the molecule is CC(C)[C@H]1COC(=O)N1C(=O)[C@@H](CC(=O)O)Cc1c(C(C)(C)C)ccc2ccccc12. The first kappa shape index (κ1) is 22.8. The summed E-state index contributed by atoms with van der Waals surface area (Å²) in [7, 11) is 0. The summed E-state index contributed by atoms with van der Waals surface area (Å²) in [4.78, 5) is 38.6. The molecule has 6 heteroatoms. The van der Waals surface area contributed by atoms with Gasteiger partial charge in [-0.15, -0.1) is 0 Å². The smallest absolute Gasteiger partial charge is 0.416 e. The summed E-state index contributed by atoms with van der Waals surface area (Å²) in [5.41, 5.74) is 1.83. The molecule has 2 aromatic carbocycles. The second kappa shape index (κ2) is 8.69. The Morgan fingerprint density at radius 2 is 1.84 bits per heavy atom. The van der Waals surface area contributed by atoms with Gasteiger partial charge in [0.2, 0.25) is 5.91 Å². The topological polar surface area (TPSA) is 83.9 Å². The normalized spacial score (nSPS) is 17.8. The molecule has 0 spiro atoms. The van der Waals surface area contributed by atoms with Crippen LogP contribution in [-0.2, 0) is 26.2 Å². The minimum absolute atomic E-state index is 0.0172. The van der Waals surface area contributed by atoms with Crippen LogP contribution >= 0.6 is 0 Å². The fraction of sp³-hybridized carbons (Fsp3) is 0.480. The molecule has 2 atom stereocenters. The minimum Gasteiger partial charge on any atom is -0.481 e. The van der Waals surface area contributed by atoms with Crippen molar-refractivity contribution in [1.29, 1.82) is 0 Å². The largest absolute Gasteiger partial charge is 0.481 e. The summed E-state index contributed by atoms with van der Waals surface area (Å²) < 4.78 is 5.13. The Morgan fingerprint density at radius 1 is 1.16 bits per heavy atom. The van der Waals surface area contributed by atoms with Gasteiger partial charge in [0, 0.05) is 0 Å². The molecular formula is C25H31NO5. The van der Waals surface area contributed by atoms with E-state index in [-0.39, 0.29) is 36.8 Å². The number of rotatable bonds is 6. The molecule has 1 N–H and O–H groups in total. The van der Waals surface area contributed by atoms with Crippen molar-refractivity contribution in [2.75, 3.05) is 6.61 Å². The average molecular weight is 426 g/mol. The number of benzene rings is 2. The second-order valence-electron chi connectivity index (χ2n) is 9.66. The van der Waals surface area contributed by atoms with Crippen LogP contribution < -0.4 is 0 Å². The van der Waals surface area contributed by atoms with Crippen molar-refractivity contribution in [3.05, 3.63) is 47.5 Å². The Kier molecular flexibility index (Phi) is 6.39. The molecule has 2 aromatic rings. The summed E-state index contributed by atoms with van der Waals surface area (Å²) in [6, 6.07) is 11.6. The molecule has 1 aliphatic rings. The molecule has 1 aliphatic heterocycles. The van der Waals surface area contributed by atoms with E-state index >= 15 is 0 Å². The third-order valence-corrected chi connectivity index (χ3v) is 5.98. The van der Waals surface area contributed by atoms with E-state index in [1.54, 1.807) is 0 Å². The van der Waals surface area contributed by atoms with Gasteiger partial charge in [0.15, 0.2) is 0 Å². The number of carboxylic acids is 1. The summed E-state index contributed by atoms with van der Waals surface area (Å²) in [6.45, 7) is 10.3. The van der Waals surface area contributed by atoms with E-state index in [1.165, 1.54) is 0 Å². The molecule has 0 aromatic heterocycles. The first-order valence-electron chi connectivity index (χ1n) is 10.7. The van der Waals surface area contributed by atoms with Crippen molar-refractivity contribution in [3.63, 3.8) is 0 Å².